The van der Waals surface area contributed by atoms with Crippen molar-refractivity contribution < 1.29 is 9.52 Å². The number of rotatable bonds is 4. The summed E-state index contributed by atoms with van der Waals surface area (Å²) in [6, 6.07) is 0. The summed E-state index contributed by atoms with van der Waals surface area (Å²) >= 11 is 0. The molecule has 0 fully saturated rings. The molecule has 16 heavy (non-hydrogen) atoms. The zero-order valence-electron chi connectivity index (χ0n) is 10.5. The van der Waals surface area contributed by atoms with E-state index < -0.39 is 5.63 Å². The molecule has 0 radical (unpaired) electrons. The van der Waals surface area contributed by atoms with Crippen molar-refractivity contribution >= 4 is 0 Å². The molecular formula is C13H20O3. The number of hydrogen-bond acceptors (Lipinski definition) is 3. The van der Waals surface area contributed by atoms with Crippen molar-refractivity contribution in [3.8, 4) is 5.75 Å². The van der Waals surface area contributed by atoms with Gasteiger partial charge in [-0.3, -0.25) is 0 Å². The molecule has 0 aliphatic rings. The summed E-state index contributed by atoms with van der Waals surface area (Å²) in [4.78, 5) is 11.4. The Labute approximate surface area is 96.1 Å². The Hall–Kier alpha value is -1.25. The second-order valence-electron chi connectivity index (χ2n) is 4.46. The van der Waals surface area contributed by atoms with Crippen molar-refractivity contribution in [2.75, 3.05) is 0 Å². The molecule has 0 saturated carbocycles. The van der Waals surface area contributed by atoms with Crippen LogP contribution in [0.25, 0.3) is 0 Å². The molecule has 1 atom stereocenters. The molecule has 3 heteroatoms. The smallest absolute Gasteiger partial charge is 0.342 e. The lowest BCUT2D eigenvalue weighted by Crippen LogP contribution is -2.08. The van der Waals surface area contributed by atoms with Crippen LogP contribution >= 0.6 is 0 Å². The summed E-state index contributed by atoms with van der Waals surface area (Å²) in [5.41, 5.74) is 0.562. The van der Waals surface area contributed by atoms with Crippen LogP contribution in [0.2, 0.25) is 0 Å². The summed E-state index contributed by atoms with van der Waals surface area (Å²) < 4.78 is 5.20. The van der Waals surface area contributed by atoms with E-state index in [4.69, 9.17) is 4.42 Å². The lowest BCUT2D eigenvalue weighted by Gasteiger charge is -2.10. The molecule has 1 N–H and O–H groups in total. The first-order valence-electron chi connectivity index (χ1n) is 5.79. The van der Waals surface area contributed by atoms with E-state index in [1.165, 1.54) is 0 Å². The fraction of sp³-hybridized carbons (Fsp3) is 0.615. The molecule has 0 amide bonds. The SMILES string of the molecule is CC[C@@H](C)CCc1oc(=O)c(C)c(O)c1C. The van der Waals surface area contributed by atoms with Crippen LogP contribution in [0.4, 0.5) is 0 Å². The van der Waals surface area contributed by atoms with Crippen LogP contribution in [0.5, 0.6) is 5.75 Å². The van der Waals surface area contributed by atoms with Crippen LogP contribution in [0.1, 0.15) is 43.6 Å². The van der Waals surface area contributed by atoms with Crippen LogP contribution in [-0.4, -0.2) is 5.11 Å². The summed E-state index contributed by atoms with van der Waals surface area (Å²) in [6.07, 6.45) is 2.80. The maximum Gasteiger partial charge on any atom is 0.342 e. The molecule has 90 valence electrons. The van der Waals surface area contributed by atoms with E-state index in [2.05, 4.69) is 13.8 Å². The third-order valence-electron chi connectivity index (χ3n) is 3.21. The molecule has 1 rings (SSSR count). The van der Waals surface area contributed by atoms with Crippen molar-refractivity contribution in [1.29, 1.82) is 0 Å². The predicted octanol–water partition coefficient (Wildman–Crippen LogP) is 2.94. The average Bonchev–Trinajstić information content (AvgIpc) is 2.28. The molecule has 0 bridgehead atoms. The maximum absolute atomic E-state index is 11.4. The van der Waals surface area contributed by atoms with E-state index in [-0.39, 0.29) is 5.75 Å². The predicted molar refractivity (Wildman–Crippen MR) is 63.9 cm³/mol. The van der Waals surface area contributed by atoms with E-state index in [0.29, 0.717) is 29.2 Å². The summed E-state index contributed by atoms with van der Waals surface area (Å²) in [7, 11) is 0. The molecule has 3 nitrogen and oxygen atoms in total. The number of hydrogen-bond donors (Lipinski definition) is 1. The Bertz CT molecular complexity index is 418. The minimum Gasteiger partial charge on any atom is -0.507 e. The van der Waals surface area contributed by atoms with Gasteiger partial charge in [0.1, 0.15) is 11.5 Å². The quantitative estimate of drug-likeness (QED) is 0.855. The van der Waals surface area contributed by atoms with Gasteiger partial charge in [0, 0.05) is 12.0 Å². The van der Waals surface area contributed by atoms with Gasteiger partial charge >= 0.3 is 5.63 Å². The fourth-order valence-electron chi connectivity index (χ4n) is 1.60. The Balaban J connectivity index is 2.94. The van der Waals surface area contributed by atoms with Crippen LogP contribution in [-0.2, 0) is 6.42 Å². The highest BCUT2D eigenvalue weighted by Gasteiger charge is 2.13. The molecule has 1 aromatic heterocycles. The monoisotopic (exact) mass is 224 g/mol. The first-order chi connectivity index (χ1) is 7.47. The highest BCUT2D eigenvalue weighted by Crippen LogP contribution is 2.23. The van der Waals surface area contributed by atoms with E-state index in [1.54, 1.807) is 13.8 Å². The van der Waals surface area contributed by atoms with Gasteiger partial charge in [-0.2, -0.15) is 0 Å². The van der Waals surface area contributed by atoms with E-state index >= 15 is 0 Å². The first kappa shape index (κ1) is 12.8. The molecule has 0 saturated heterocycles. The van der Waals surface area contributed by atoms with Crippen molar-refractivity contribution in [3.63, 3.8) is 0 Å². The van der Waals surface area contributed by atoms with E-state index in [0.717, 1.165) is 12.8 Å². The minimum absolute atomic E-state index is 0.0791. The summed E-state index contributed by atoms with van der Waals surface area (Å²) in [5, 5.41) is 9.73. The van der Waals surface area contributed by atoms with Gasteiger partial charge in [-0.25, -0.2) is 4.79 Å². The zero-order valence-corrected chi connectivity index (χ0v) is 10.5. The zero-order chi connectivity index (χ0) is 12.3. The van der Waals surface area contributed by atoms with Gasteiger partial charge in [0.2, 0.25) is 0 Å². The summed E-state index contributed by atoms with van der Waals surface area (Å²) in [5.74, 6) is 1.30. The highest BCUT2D eigenvalue weighted by molar-refractivity contribution is 5.38. The van der Waals surface area contributed by atoms with Gasteiger partial charge in [-0.05, 0) is 26.2 Å². The van der Waals surface area contributed by atoms with Crippen molar-refractivity contribution in [2.45, 2.75) is 47.0 Å². The van der Waals surface area contributed by atoms with Crippen molar-refractivity contribution in [1.82, 2.24) is 0 Å². The minimum atomic E-state index is -0.428. The van der Waals surface area contributed by atoms with E-state index in [9.17, 15) is 9.90 Å². The van der Waals surface area contributed by atoms with Gasteiger partial charge in [0.05, 0.1) is 5.56 Å². The normalized spacial score (nSPS) is 12.8. The first-order valence-corrected chi connectivity index (χ1v) is 5.79. The van der Waals surface area contributed by atoms with Crippen molar-refractivity contribution in [3.05, 3.63) is 27.3 Å². The van der Waals surface area contributed by atoms with Crippen LogP contribution in [0.15, 0.2) is 9.21 Å². The fourth-order valence-corrected chi connectivity index (χ4v) is 1.60. The third-order valence-corrected chi connectivity index (χ3v) is 3.21. The van der Waals surface area contributed by atoms with Gasteiger partial charge in [-0.1, -0.05) is 20.3 Å². The van der Waals surface area contributed by atoms with Gasteiger partial charge in [0.25, 0.3) is 0 Å². The Morgan fingerprint density at radius 2 is 1.94 bits per heavy atom. The average molecular weight is 224 g/mol. The Morgan fingerprint density at radius 1 is 1.31 bits per heavy atom. The van der Waals surface area contributed by atoms with Gasteiger partial charge in [0.15, 0.2) is 0 Å². The molecule has 0 aliphatic carbocycles. The molecule has 1 aromatic rings. The molecule has 0 unspecified atom stereocenters. The number of aryl methyl sites for hydroxylation is 1. The standard InChI is InChI=1S/C13H20O3/c1-5-8(2)6-7-11-9(3)12(14)10(4)13(15)16-11/h8,14H,5-7H2,1-4H3/t8-/m1/s1. The second-order valence-corrected chi connectivity index (χ2v) is 4.46. The Morgan fingerprint density at radius 3 is 2.50 bits per heavy atom. The summed E-state index contributed by atoms with van der Waals surface area (Å²) in [6.45, 7) is 7.67. The van der Waals surface area contributed by atoms with Crippen LogP contribution in [0, 0.1) is 19.8 Å². The Kier molecular flexibility index (Phi) is 4.16. The second kappa shape index (κ2) is 5.19. The third kappa shape index (κ3) is 2.65. The molecule has 0 aliphatic heterocycles. The molecule has 1 heterocycles. The molecule has 0 aromatic carbocycles. The van der Waals surface area contributed by atoms with Crippen LogP contribution in [0.3, 0.4) is 0 Å². The largest absolute Gasteiger partial charge is 0.507 e. The highest BCUT2D eigenvalue weighted by atomic mass is 16.4. The lowest BCUT2D eigenvalue weighted by molar-refractivity contribution is 0.394. The van der Waals surface area contributed by atoms with Crippen LogP contribution < -0.4 is 5.63 Å². The number of aromatic hydroxyl groups is 1. The lowest BCUT2D eigenvalue weighted by atomic mass is 10.00. The van der Waals surface area contributed by atoms with Crippen molar-refractivity contribution in [2.24, 2.45) is 5.92 Å². The van der Waals surface area contributed by atoms with E-state index in [1.807, 2.05) is 0 Å². The van der Waals surface area contributed by atoms with Gasteiger partial charge in [-0.15, -0.1) is 0 Å². The molecule has 0 spiro atoms. The topological polar surface area (TPSA) is 50.4 Å². The van der Waals surface area contributed by atoms with Gasteiger partial charge < -0.3 is 9.52 Å². The maximum atomic E-state index is 11.4. The molecular weight excluding hydrogens is 204 g/mol.